The summed E-state index contributed by atoms with van der Waals surface area (Å²) in [5.41, 5.74) is -1.08. The summed E-state index contributed by atoms with van der Waals surface area (Å²) in [6, 6.07) is 7.81. The number of alkyl halides is 5. The number of rotatable bonds is 6. The van der Waals surface area contributed by atoms with E-state index in [2.05, 4.69) is 19.8 Å². The fraction of sp³-hybridized carbons (Fsp3) is 0.391. The lowest BCUT2D eigenvalue weighted by Crippen LogP contribution is -2.30. The molecule has 3 aromatic rings. The quantitative estimate of drug-likeness (QED) is 0.441. The van der Waals surface area contributed by atoms with Crippen LogP contribution in [0.5, 0.6) is 5.88 Å². The van der Waals surface area contributed by atoms with Gasteiger partial charge in [-0.05, 0) is 43.0 Å². The van der Waals surface area contributed by atoms with Gasteiger partial charge in [0.25, 0.3) is 5.56 Å². The minimum atomic E-state index is -4.65. The van der Waals surface area contributed by atoms with Crippen LogP contribution in [0.4, 0.5) is 22.0 Å². The van der Waals surface area contributed by atoms with Gasteiger partial charge in [0.15, 0.2) is 0 Å². The summed E-state index contributed by atoms with van der Waals surface area (Å²) in [6.45, 7) is -3.58. The summed E-state index contributed by atoms with van der Waals surface area (Å²) in [4.78, 5) is 21.1. The molecule has 1 saturated carbocycles. The minimum Gasteiger partial charge on any atom is -0.417 e. The summed E-state index contributed by atoms with van der Waals surface area (Å²) in [7, 11) is 0. The van der Waals surface area contributed by atoms with E-state index in [1.54, 1.807) is 6.07 Å². The van der Waals surface area contributed by atoms with E-state index in [1.165, 1.54) is 30.5 Å². The molecule has 1 aliphatic carbocycles. The Kier molecular flexibility index (Phi) is 6.90. The second kappa shape index (κ2) is 9.86. The van der Waals surface area contributed by atoms with E-state index in [-0.39, 0.29) is 28.9 Å². The maximum Gasteiger partial charge on any atom is 0.418 e. The zero-order valence-electron chi connectivity index (χ0n) is 17.9. The van der Waals surface area contributed by atoms with Crippen LogP contribution < -0.4 is 10.3 Å². The van der Waals surface area contributed by atoms with Crippen molar-refractivity contribution in [3.05, 3.63) is 69.8 Å². The Morgan fingerprint density at radius 3 is 2.53 bits per heavy atom. The van der Waals surface area contributed by atoms with Gasteiger partial charge in [-0.15, -0.1) is 0 Å². The fourth-order valence-electron chi connectivity index (χ4n) is 4.18. The maximum absolute atomic E-state index is 13.5. The van der Waals surface area contributed by atoms with Crippen LogP contribution in [0.1, 0.15) is 54.8 Å². The molecular weight excluding hydrogens is 459 g/mol. The second-order valence-electron chi connectivity index (χ2n) is 8.02. The minimum absolute atomic E-state index is 0.0828. The van der Waals surface area contributed by atoms with E-state index in [4.69, 9.17) is 0 Å². The predicted octanol–water partition coefficient (Wildman–Crippen LogP) is 5.42. The molecule has 1 aliphatic rings. The fourth-order valence-corrected chi connectivity index (χ4v) is 4.18. The lowest BCUT2D eigenvalue weighted by Gasteiger charge is -2.22. The van der Waals surface area contributed by atoms with Gasteiger partial charge in [-0.1, -0.05) is 25.3 Å². The highest BCUT2D eigenvalue weighted by Gasteiger charge is 2.34. The smallest absolute Gasteiger partial charge is 0.417 e. The van der Waals surface area contributed by atoms with E-state index in [9.17, 15) is 26.7 Å². The molecule has 0 unspecified atom stereocenters. The molecule has 3 aromatic heterocycles. The van der Waals surface area contributed by atoms with E-state index in [0.29, 0.717) is 5.56 Å². The number of aromatic nitrogens is 4. The van der Waals surface area contributed by atoms with E-state index in [0.717, 1.165) is 42.9 Å². The third-order valence-electron chi connectivity index (χ3n) is 5.74. The van der Waals surface area contributed by atoms with Gasteiger partial charge in [-0.3, -0.25) is 9.78 Å². The van der Waals surface area contributed by atoms with Gasteiger partial charge >= 0.3 is 12.8 Å². The lowest BCUT2D eigenvalue weighted by atomic mass is 9.84. The molecule has 4 rings (SSSR count). The molecule has 1 fully saturated rings. The first-order chi connectivity index (χ1) is 16.2. The highest BCUT2D eigenvalue weighted by molar-refractivity contribution is 5.55. The van der Waals surface area contributed by atoms with E-state index < -0.39 is 30.5 Å². The number of hydrogen-bond acceptors (Lipinski definition) is 5. The van der Waals surface area contributed by atoms with Gasteiger partial charge < -0.3 is 4.74 Å². The molecule has 0 amide bonds. The van der Waals surface area contributed by atoms with Gasteiger partial charge in [0.2, 0.25) is 5.88 Å². The average Bonchev–Trinajstić information content (AvgIpc) is 2.80. The Hall–Kier alpha value is -3.37. The largest absolute Gasteiger partial charge is 0.418 e. The zero-order chi connectivity index (χ0) is 24.3. The monoisotopic (exact) mass is 480 g/mol. The number of halogens is 5. The molecule has 0 radical (unpaired) electrons. The molecule has 0 aromatic carbocycles. The first kappa shape index (κ1) is 23.8. The highest BCUT2D eigenvalue weighted by atomic mass is 19.4. The molecule has 0 aliphatic heterocycles. The Bertz CT molecular complexity index is 1210. The lowest BCUT2D eigenvalue weighted by molar-refractivity contribution is -0.138. The SMILES string of the molecule is O=c1c(C2CCCCC2)cc(-c2cccc(OC(F)F)n2)nn1Cc1ncccc1C(F)(F)F. The highest BCUT2D eigenvalue weighted by Crippen LogP contribution is 2.33. The van der Waals surface area contributed by atoms with E-state index in [1.807, 2.05) is 0 Å². The summed E-state index contributed by atoms with van der Waals surface area (Å²) in [5, 5.41) is 4.23. The molecule has 0 atom stereocenters. The second-order valence-corrected chi connectivity index (χ2v) is 8.02. The molecule has 6 nitrogen and oxygen atoms in total. The van der Waals surface area contributed by atoms with Gasteiger partial charge in [0.1, 0.15) is 5.69 Å². The van der Waals surface area contributed by atoms with Crippen molar-refractivity contribution in [1.82, 2.24) is 19.7 Å². The van der Waals surface area contributed by atoms with Crippen LogP contribution in [0.15, 0.2) is 47.4 Å². The van der Waals surface area contributed by atoms with Crippen LogP contribution >= 0.6 is 0 Å². The normalized spacial score (nSPS) is 15.0. The molecule has 0 spiro atoms. The summed E-state index contributed by atoms with van der Waals surface area (Å²) < 4.78 is 71.0. The van der Waals surface area contributed by atoms with Gasteiger partial charge in [0, 0.05) is 17.8 Å². The van der Waals surface area contributed by atoms with Crippen LogP contribution in [0.25, 0.3) is 11.4 Å². The molecule has 0 bridgehead atoms. The van der Waals surface area contributed by atoms with Crippen LogP contribution in [-0.4, -0.2) is 26.4 Å². The first-order valence-corrected chi connectivity index (χ1v) is 10.8. The van der Waals surface area contributed by atoms with Crippen molar-refractivity contribution < 1.29 is 26.7 Å². The van der Waals surface area contributed by atoms with Gasteiger partial charge in [0.05, 0.1) is 23.5 Å². The molecule has 0 N–H and O–H groups in total. The van der Waals surface area contributed by atoms with Crippen LogP contribution in [0.2, 0.25) is 0 Å². The molecule has 3 heterocycles. The Balaban J connectivity index is 1.82. The predicted molar refractivity (Wildman–Crippen MR) is 113 cm³/mol. The number of nitrogens with zero attached hydrogens (tertiary/aromatic N) is 4. The summed E-state index contributed by atoms with van der Waals surface area (Å²) >= 11 is 0. The van der Waals surface area contributed by atoms with Crippen LogP contribution in [0, 0.1) is 0 Å². The third kappa shape index (κ3) is 5.40. The Labute approximate surface area is 191 Å². The topological polar surface area (TPSA) is 69.9 Å². The number of ether oxygens (including phenoxy) is 1. The van der Waals surface area contributed by atoms with Gasteiger partial charge in [-0.2, -0.15) is 27.1 Å². The number of pyridine rings is 2. The van der Waals surface area contributed by atoms with Crippen LogP contribution in [0.3, 0.4) is 0 Å². The maximum atomic E-state index is 13.5. The third-order valence-corrected chi connectivity index (χ3v) is 5.74. The summed E-state index contributed by atoms with van der Waals surface area (Å²) in [5.74, 6) is -0.420. The van der Waals surface area contributed by atoms with Gasteiger partial charge in [-0.25, -0.2) is 9.67 Å². The number of hydrogen-bond donors (Lipinski definition) is 0. The standard InChI is InChI=1S/C23H21F5N4O2/c24-22(25)34-20-10-4-9-17(30-20)18-12-15(14-6-2-1-3-7-14)21(33)32(31-18)13-19-16(23(26,27)28)8-5-11-29-19/h4-5,8-12,14,22H,1-3,6-7,13H2. The first-order valence-electron chi connectivity index (χ1n) is 10.8. The van der Waals surface area contributed by atoms with Crippen LogP contribution in [-0.2, 0) is 12.7 Å². The molecular formula is C23H21F5N4O2. The van der Waals surface area contributed by atoms with Crippen molar-refractivity contribution in [2.24, 2.45) is 0 Å². The van der Waals surface area contributed by atoms with E-state index >= 15 is 0 Å². The summed E-state index contributed by atoms with van der Waals surface area (Å²) in [6.07, 6.45) is 0.982. The Morgan fingerprint density at radius 1 is 1.06 bits per heavy atom. The van der Waals surface area contributed by atoms with Crippen molar-refractivity contribution in [3.8, 4) is 17.3 Å². The molecule has 0 saturated heterocycles. The van der Waals surface area contributed by atoms with Crippen molar-refractivity contribution in [1.29, 1.82) is 0 Å². The van der Waals surface area contributed by atoms with Crippen molar-refractivity contribution >= 4 is 0 Å². The molecule has 180 valence electrons. The average molecular weight is 480 g/mol. The Morgan fingerprint density at radius 2 is 1.82 bits per heavy atom. The molecule has 11 heteroatoms. The zero-order valence-corrected chi connectivity index (χ0v) is 17.9. The van der Waals surface area contributed by atoms with Crippen molar-refractivity contribution in [2.75, 3.05) is 0 Å². The van der Waals surface area contributed by atoms with Crippen molar-refractivity contribution in [3.63, 3.8) is 0 Å². The molecule has 34 heavy (non-hydrogen) atoms. The van der Waals surface area contributed by atoms with Crippen molar-refractivity contribution in [2.45, 2.75) is 57.4 Å².